The lowest BCUT2D eigenvalue weighted by molar-refractivity contribution is -0.127. The van der Waals surface area contributed by atoms with Gasteiger partial charge in [-0.2, -0.15) is 0 Å². The predicted octanol–water partition coefficient (Wildman–Crippen LogP) is 2.02. The fourth-order valence-electron chi connectivity index (χ4n) is 3.77. The number of amides is 1. The third-order valence-electron chi connectivity index (χ3n) is 5.97. The molecule has 2 unspecified atom stereocenters. The second-order valence-electron chi connectivity index (χ2n) is 7.58. The maximum Gasteiger partial charge on any atom is 0.248 e. The molecule has 0 radical (unpaired) electrons. The summed E-state index contributed by atoms with van der Waals surface area (Å²) in [6.07, 6.45) is 1.88. The third kappa shape index (κ3) is 1.98. The molecule has 1 amide bonds. The number of fused-ring (bicyclic) bond motifs is 2. The summed E-state index contributed by atoms with van der Waals surface area (Å²) in [4.78, 5) is 24.6. The second-order valence-corrected chi connectivity index (χ2v) is 9.49. The summed E-state index contributed by atoms with van der Waals surface area (Å²) in [5.74, 6) is -0.674. The maximum atomic E-state index is 12.9. The van der Waals surface area contributed by atoms with E-state index in [1.807, 2.05) is 20.8 Å². The van der Waals surface area contributed by atoms with Crippen LogP contribution in [-0.4, -0.2) is 24.9 Å². The zero-order valence-corrected chi connectivity index (χ0v) is 14.3. The van der Waals surface area contributed by atoms with E-state index in [-0.39, 0.29) is 11.7 Å². The van der Waals surface area contributed by atoms with E-state index in [0.29, 0.717) is 19.3 Å². The lowest BCUT2D eigenvalue weighted by Crippen LogP contribution is -2.57. The summed E-state index contributed by atoms with van der Waals surface area (Å²) >= 11 is 0. The van der Waals surface area contributed by atoms with E-state index in [1.165, 1.54) is 0 Å². The standard InChI is InChI=1S/C15H25NO4S/c1-6-13(2,3)12(18)16-21(19,20)15-8-7-10(9-11(15)17)14(15,4)5/h10H,6-9H2,1-5H3,(H,16,18). The van der Waals surface area contributed by atoms with Crippen molar-refractivity contribution in [1.29, 1.82) is 0 Å². The van der Waals surface area contributed by atoms with Crippen molar-refractivity contribution < 1.29 is 18.0 Å². The van der Waals surface area contributed by atoms with E-state index in [1.54, 1.807) is 13.8 Å². The molecule has 0 aliphatic heterocycles. The van der Waals surface area contributed by atoms with Crippen LogP contribution in [0.2, 0.25) is 0 Å². The Hall–Kier alpha value is -0.910. The molecule has 0 spiro atoms. The van der Waals surface area contributed by atoms with Crippen LogP contribution in [0.25, 0.3) is 0 Å². The average Bonchev–Trinajstić information content (AvgIpc) is 2.73. The van der Waals surface area contributed by atoms with Crippen LogP contribution >= 0.6 is 0 Å². The SMILES string of the molecule is CCC(C)(C)C(=O)NS(=O)(=O)C12CCC(CC1=O)C2(C)C. The molecule has 21 heavy (non-hydrogen) atoms. The highest BCUT2D eigenvalue weighted by atomic mass is 32.2. The first-order valence-electron chi connectivity index (χ1n) is 7.52. The van der Waals surface area contributed by atoms with Gasteiger partial charge in [0.05, 0.1) is 0 Å². The molecule has 5 nitrogen and oxygen atoms in total. The van der Waals surface area contributed by atoms with Crippen LogP contribution in [0.4, 0.5) is 0 Å². The highest BCUT2D eigenvalue weighted by Crippen LogP contribution is 2.61. The van der Waals surface area contributed by atoms with Gasteiger partial charge in [0, 0.05) is 11.8 Å². The van der Waals surface area contributed by atoms with Crippen LogP contribution in [0.15, 0.2) is 0 Å². The van der Waals surface area contributed by atoms with Gasteiger partial charge in [-0.3, -0.25) is 14.3 Å². The van der Waals surface area contributed by atoms with E-state index < -0.39 is 31.5 Å². The van der Waals surface area contributed by atoms with Crippen molar-refractivity contribution in [2.75, 3.05) is 0 Å². The van der Waals surface area contributed by atoms with Crippen molar-refractivity contribution in [1.82, 2.24) is 4.72 Å². The Bertz CT molecular complexity index is 591. The van der Waals surface area contributed by atoms with Crippen molar-refractivity contribution in [2.24, 2.45) is 16.7 Å². The van der Waals surface area contributed by atoms with Crippen molar-refractivity contribution in [3.63, 3.8) is 0 Å². The van der Waals surface area contributed by atoms with Crippen molar-refractivity contribution in [3.05, 3.63) is 0 Å². The fraction of sp³-hybridized carbons (Fsp3) is 0.867. The van der Waals surface area contributed by atoms with Gasteiger partial charge in [0.15, 0.2) is 10.5 Å². The number of Topliss-reactive ketones (excluding diaryl/α,β-unsaturated/α-hetero) is 1. The zero-order chi connectivity index (χ0) is 16.3. The Labute approximate surface area is 126 Å². The van der Waals surface area contributed by atoms with E-state index in [4.69, 9.17) is 0 Å². The quantitative estimate of drug-likeness (QED) is 0.860. The van der Waals surface area contributed by atoms with E-state index in [0.717, 1.165) is 6.42 Å². The molecule has 6 heteroatoms. The average molecular weight is 315 g/mol. The normalized spacial score (nSPS) is 31.5. The molecule has 0 aromatic heterocycles. The molecule has 0 saturated heterocycles. The smallest absolute Gasteiger partial charge is 0.248 e. The van der Waals surface area contributed by atoms with Gasteiger partial charge in [-0.1, -0.05) is 34.6 Å². The van der Waals surface area contributed by atoms with Gasteiger partial charge in [-0.15, -0.1) is 0 Å². The van der Waals surface area contributed by atoms with Gasteiger partial charge in [0.25, 0.3) is 0 Å². The first-order valence-corrected chi connectivity index (χ1v) is 9.01. The van der Waals surface area contributed by atoms with Crippen molar-refractivity contribution >= 4 is 21.7 Å². The largest absolute Gasteiger partial charge is 0.298 e. The number of sulfonamides is 1. The summed E-state index contributed by atoms with van der Waals surface area (Å²) in [6.45, 7) is 8.92. The Balaban J connectivity index is 2.41. The van der Waals surface area contributed by atoms with Gasteiger partial charge >= 0.3 is 0 Å². The number of rotatable bonds is 4. The maximum absolute atomic E-state index is 12.9. The molecule has 1 N–H and O–H groups in total. The summed E-state index contributed by atoms with van der Waals surface area (Å²) in [5.41, 5.74) is -1.39. The van der Waals surface area contributed by atoms with Crippen LogP contribution in [0.3, 0.4) is 0 Å². The first kappa shape index (κ1) is 16.5. The molecule has 2 aliphatic rings. The number of carbonyl (C=O) groups is 2. The highest BCUT2D eigenvalue weighted by molar-refractivity contribution is 7.92. The van der Waals surface area contributed by atoms with Crippen molar-refractivity contribution in [2.45, 2.75) is 65.0 Å². The number of nitrogens with one attached hydrogen (secondary N) is 1. The lowest BCUT2D eigenvalue weighted by atomic mass is 9.81. The monoisotopic (exact) mass is 315 g/mol. The Morgan fingerprint density at radius 1 is 1.38 bits per heavy atom. The van der Waals surface area contributed by atoms with Crippen LogP contribution < -0.4 is 4.72 Å². The number of ketones is 1. The molecule has 2 saturated carbocycles. The summed E-state index contributed by atoms with van der Waals surface area (Å²) in [5, 5.41) is 0. The zero-order valence-electron chi connectivity index (χ0n) is 13.4. The van der Waals surface area contributed by atoms with Crippen molar-refractivity contribution in [3.8, 4) is 0 Å². The second kappa shape index (κ2) is 4.54. The fourth-order valence-corrected chi connectivity index (χ4v) is 6.10. The van der Waals surface area contributed by atoms with Gasteiger partial charge in [0.1, 0.15) is 0 Å². The number of hydrogen-bond acceptors (Lipinski definition) is 4. The van der Waals surface area contributed by atoms with Crippen LogP contribution in [0, 0.1) is 16.7 Å². The minimum atomic E-state index is -4.03. The molecule has 120 valence electrons. The summed E-state index contributed by atoms with van der Waals surface area (Å²) in [7, 11) is -4.03. The number of carbonyl (C=O) groups excluding carboxylic acids is 2. The van der Waals surface area contributed by atoms with Gasteiger partial charge in [-0.05, 0) is 30.6 Å². The van der Waals surface area contributed by atoms with E-state index in [2.05, 4.69) is 4.72 Å². The molecular weight excluding hydrogens is 290 g/mol. The highest BCUT2D eigenvalue weighted by Gasteiger charge is 2.71. The first-order chi connectivity index (χ1) is 9.42. The Kier molecular flexibility index (Phi) is 3.56. The third-order valence-corrected chi connectivity index (χ3v) is 8.30. The Morgan fingerprint density at radius 3 is 2.33 bits per heavy atom. The minimum absolute atomic E-state index is 0.0934. The van der Waals surface area contributed by atoms with E-state index >= 15 is 0 Å². The van der Waals surface area contributed by atoms with Gasteiger partial charge < -0.3 is 0 Å². The molecular formula is C15H25NO4S. The summed E-state index contributed by atoms with van der Waals surface area (Å²) < 4.78 is 26.5. The number of hydrogen-bond donors (Lipinski definition) is 1. The van der Waals surface area contributed by atoms with Gasteiger partial charge in [-0.25, -0.2) is 8.42 Å². The Morgan fingerprint density at radius 2 is 1.95 bits per heavy atom. The van der Waals surface area contributed by atoms with Crippen LogP contribution in [0.5, 0.6) is 0 Å². The molecule has 0 aromatic carbocycles. The topological polar surface area (TPSA) is 80.3 Å². The van der Waals surface area contributed by atoms with Gasteiger partial charge in [0.2, 0.25) is 15.9 Å². The molecule has 2 rings (SSSR count). The molecule has 0 heterocycles. The summed E-state index contributed by atoms with van der Waals surface area (Å²) in [6, 6.07) is 0. The van der Waals surface area contributed by atoms with E-state index in [9.17, 15) is 18.0 Å². The molecule has 2 bridgehead atoms. The minimum Gasteiger partial charge on any atom is -0.298 e. The molecule has 2 fully saturated rings. The molecule has 2 aliphatic carbocycles. The molecule has 2 atom stereocenters. The van der Waals surface area contributed by atoms with Crippen LogP contribution in [0.1, 0.15) is 60.3 Å². The predicted molar refractivity (Wildman–Crippen MR) is 80.0 cm³/mol. The lowest BCUT2D eigenvalue weighted by Gasteiger charge is -2.36. The van der Waals surface area contributed by atoms with Crippen LogP contribution in [-0.2, 0) is 19.6 Å². The molecule has 0 aromatic rings.